The Labute approximate surface area is 240 Å². The molecule has 0 spiro atoms. The Morgan fingerprint density at radius 1 is 1.00 bits per heavy atom. The van der Waals surface area contributed by atoms with Gasteiger partial charge in [0.15, 0.2) is 5.79 Å². The van der Waals surface area contributed by atoms with Crippen molar-refractivity contribution in [2.45, 2.75) is 30.5 Å². The minimum Gasteiger partial charge on any atom is -0.347 e. The Hall–Kier alpha value is -4.74. The number of hydrogen-bond acceptors (Lipinski definition) is 8. The predicted octanol–water partition coefficient (Wildman–Crippen LogP) is 3.40. The molecular formula is C31H26N4O7. The van der Waals surface area contributed by atoms with E-state index in [1.807, 2.05) is 48.5 Å². The van der Waals surface area contributed by atoms with Gasteiger partial charge in [-0.2, -0.15) is 5.10 Å². The van der Waals surface area contributed by atoms with Crippen molar-refractivity contribution in [2.24, 2.45) is 16.9 Å². The Kier molecular flexibility index (Phi) is 5.86. The first-order valence-corrected chi connectivity index (χ1v) is 13.7. The van der Waals surface area contributed by atoms with E-state index < -0.39 is 51.6 Å². The largest absolute Gasteiger partial charge is 0.347 e. The van der Waals surface area contributed by atoms with Gasteiger partial charge in [-0.25, -0.2) is 10.3 Å². The molecule has 3 aromatic carbocycles. The summed E-state index contributed by atoms with van der Waals surface area (Å²) in [6, 6.07) is 20.9. The van der Waals surface area contributed by atoms with Crippen molar-refractivity contribution in [1.82, 2.24) is 5.43 Å². The number of nitro benzene ring substituents is 1. The normalized spacial score (nSPS) is 26.7. The zero-order valence-corrected chi connectivity index (χ0v) is 22.6. The fourth-order valence-corrected chi connectivity index (χ4v) is 7.29. The summed E-state index contributed by atoms with van der Waals surface area (Å²) in [5.74, 6) is -4.75. The molecule has 3 amide bonds. The lowest BCUT2D eigenvalue weighted by Crippen LogP contribution is -2.54. The molecule has 8 rings (SSSR count). The molecule has 11 nitrogen and oxygen atoms in total. The molecule has 0 saturated carbocycles. The number of para-hydroxylation sites is 2. The zero-order valence-electron chi connectivity index (χ0n) is 22.6. The Morgan fingerprint density at radius 2 is 1.60 bits per heavy atom. The zero-order chi connectivity index (χ0) is 29.2. The average Bonchev–Trinajstić information content (AvgIpc) is 3.53. The number of nitro groups is 1. The number of imide groups is 1. The molecule has 2 fully saturated rings. The minimum atomic E-state index is -1.23. The lowest BCUT2D eigenvalue weighted by Gasteiger charge is -2.52. The van der Waals surface area contributed by atoms with Crippen molar-refractivity contribution >= 4 is 35.3 Å². The Bertz CT molecular complexity index is 1650. The maximum atomic E-state index is 14.4. The van der Waals surface area contributed by atoms with E-state index in [-0.39, 0.29) is 17.8 Å². The molecule has 42 heavy (non-hydrogen) atoms. The second kappa shape index (κ2) is 9.40. The molecule has 0 aromatic heterocycles. The van der Waals surface area contributed by atoms with Crippen molar-refractivity contribution < 1.29 is 28.8 Å². The van der Waals surface area contributed by atoms with Gasteiger partial charge >= 0.3 is 0 Å². The van der Waals surface area contributed by atoms with Crippen molar-refractivity contribution in [3.05, 3.63) is 105 Å². The number of ether oxygens (including phenoxy) is 2. The van der Waals surface area contributed by atoms with Crippen LogP contribution in [0.1, 0.15) is 41.5 Å². The lowest BCUT2D eigenvalue weighted by molar-refractivity contribution is -0.384. The van der Waals surface area contributed by atoms with Crippen LogP contribution in [0.15, 0.2) is 77.9 Å². The van der Waals surface area contributed by atoms with Gasteiger partial charge in [0.2, 0.25) is 17.7 Å². The van der Waals surface area contributed by atoms with Gasteiger partial charge in [-0.15, -0.1) is 0 Å². The van der Waals surface area contributed by atoms with E-state index in [0.717, 1.165) is 27.2 Å². The first kappa shape index (κ1) is 26.2. The van der Waals surface area contributed by atoms with Gasteiger partial charge in [0.25, 0.3) is 5.69 Å². The quantitative estimate of drug-likeness (QED) is 0.209. The van der Waals surface area contributed by atoms with Crippen LogP contribution in [0.25, 0.3) is 0 Å². The molecule has 2 heterocycles. The number of nitrogens with zero attached hydrogens (tertiary/aromatic N) is 3. The number of rotatable bonds is 6. The highest BCUT2D eigenvalue weighted by Crippen LogP contribution is 2.63. The molecule has 5 aliphatic rings. The highest BCUT2D eigenvalue weighted by atomic mass is 16.7. The standard InChI is InChI=1S/C31H26N4O7/c1-30(41-14-15-42-30)16-24(36)33-32-17-31-20-10-4-2-8-18(20)25(19-9-3-5-11-21(19)31)26-27(31)29(38)34(28(26)37)22-12-6-7-13-23(22)35(39)40/h2-13,17,25-27H,14-16H2,1H3,(H,33,36)/b32-17+. The van der Waals surface area contributed by atoms with Crippen molar-refractivity contribution in [3.8, 4) is 0 Å². The van der Waals surface area contributed by atoms with Crippen LogP contribution in [-0.4, -0.2) is 47.9 Å². The fraction of sp³-hybridized carbons (Fsp3) is 0.290. The molecule has 11 heteroatoms. The van der Waals surface area contributed by atoms with Crippen LogP contribution in [0, 0.1) is 22.0 Å². The van der Waals surface area contributed by atoms with E-state index in [0.29, 0.717) is 13.2 Å². The molecule has 2 saturated heterocycles. The highest BCUT2D eigenvalue weighted by Gasteiger charge is 2.68. The molecule has 2 unspecified atom stereocenters. The summed E-state index contributed by atoms with van der Waals surface area (Å²) in [5, 5.41) is 16.3. The van der Waals surface area contributed by atoms with Crippen LogP contribution in [-0.2, 0) is 29.3 Å². The Balaban J connectivity index is 1.37. The van der Waals surface area contributed by atoms with Crippen LogP contribution in [0.3, 0.4) is 0 Å². The number of anilines is 1. The van der Waals surface area contributed by atoms with Crippen LogP contribution < -0.4 is 10.3 Å². The number of benzene rings is 3. The van der Waals surface area contributed by atoms with Gasteiger partial charge in [-0.05, 0) is 35.2 Å². The topological polar surface area (TPSA) is 140 Å². The molecule has 3 aromatic rings. The van der Waals surface area contributed by atoms with Gasteiger partial charge in [0.1, 0.15) is 5.69 Å². The van der Waals surface area contributed by atoms with Gasteiger partial charge < -0.3 is 9.47 Å². The second-order valence-corrected chi connectivity index (χ2v) is 11.1. The van der Waals surface area contributed by atoms with Gasteiger partial charge in [-0.3, -0.25) is 24.5 Å². The maximum Gasteiger partial charge on any atom is 0.293 e. The van der Waals surface area contributed by atoms with Crippen molar-refractivity contribution in [2.75, 3.05) is 18.1 Å². The third kappa shape index (κ3) is 3.60. The second-order valence-electron chi connectivity index (χ2n) is 11.1. The van der Waals surface area contributed by atoms with Gasteiger partial charge in [0.05, 0.1) is 41.8 Å². The molecule has 1 N–H and O–H groups in total. The molecule has 2 atom stereocenters. The van der Waals surface area contributed by atoms with Gasteiger partial charge in [-0.1, -0.05) is 60.7 Å². The fourth-order valence-electron chi connectivity index (χ4n) is 7.29. The van der Waals surface area contributed by atoms with Crippen molar-refractivity contribution in [1.29, 1.82) is 0 Å². The van der Waals surface area contributed by atoms with E-state index >= 15 is 0 Å². The maximum absolute atomic E-state index is 14.4. The van der Waals surface area contributed by atoms with E-state index in [1.54, 1.807) is 19.2 Å². The number of hydrazone groups is 1. The number of carbonyl (C=O) groups excluding carboxylic acids is 3. The van der Waals surface area contributed by atoms with Crippen molar-refractivity contribution in [3.63, 3.8) is 0 Å². The monoisotopic (exact) mass is 566 g/mol. The van der Waals surface area contributed by atoms with Crippen LogP contribution in [0.5, 0.6) is 0 Å². The van der Waals surface area contributed by atoms with Gasteiger partial charge in [0, 0.05) is 18.2 Å². The number of carbonyl (C=O) groups is 3. The van der Waals surface area contributed by atoms with Crippen LogP contribution in [0.2, 0.25) is 0 Å². The lowest BCUT2D eigenvalue weighted by atomic mass is 9.47. The Morgan fingerprint density at radius 3 is 2.24 bits per heavy atom. The third-order valence-corrected chi connectivity index (χ3v) is 8.84. The number of amides is 3. The first-order valence-electron chi connectivity index (χ1n) is 13.7. The smallest absolute Gasteiger partial charge is 0.293 e. The summed E-state index contributed by atoms with van der Waals surface area (Å²) in [7, 11) is 0. The molecule has 212 valence electrons. The summed E-state index contributed by atoms with van der Waals surface area (Å²) in [6.07, 6.45) is 1.46. The molecular weight excluding hydrogens is 540 g/mol. The summed E-state index contributed by atoms with van der Waals surface area (Å²) in [5.41, 5.74) is 4.29. The molecule has 0 radical (unpaired) electrons. The summed E-state index contributed by atoms with van der Waals surface area (Å²) >= 11 is 0. The molecule has 2 bridgehead atoms. The summed E-state index contributed by atoms with van der Waals surface area (Å²) < 4.78 is 11.1. The summed E-state index contributed by atoms with van der Waals surface area (Å²) in [4.78, 5) is 53.7. The van der Waals surface area contributed by atoms with E-state index in [9.17, 15) is 24.5 Å². The average molecular weight is 567 g/mol. The molecule has 2 aliphatic heterocycles. The molecule has 3 aliphatic carbocycles. The number of hydrogen-bond donors (Lipinski definition) is 1. The SMILES string of the molecule is CC1(CC(=O)N/N=C/C23c4ccccc4C(c4ccccc42)C2C(=O)N(c4ccccc4[N+](=O)[O-])C(=O)C23)OCCO1. The first-order chi connectivity index (χ1) is 20.3. The van der Waals surface area contributed by atoms with E-state index in [2.05, 4.69) is 10.5 Å². The van der Waals surface area contributed by atoms with Crippen LogP contribution in [0.4, 0.5) is 11.4 Å². The summed E-state index contributed by atoms with van der Waals surface area (Å²) in [6.45, 7) is 2.46. The number of nitrogens with one attached hydrogen (secondary N) is 1. The van der Waals surface area contributed by atoms with E-state index in [4.69, 9.17) is 9.47 Å². The van der Waals surface area contributed by atoms with E-state index in [1.165, 1.54) is 18.2 Å². The van der Waals surface area contributed by atoms with Crippen LogP contribution >= 0.6 is 0 Å². The minimum absolute atomic E-state index is 0.0652. The third-order valence-electron chi connectivity index (χ3n) is 8.84. The predicted molar refractivity (Wildman–Crippen MR) is 150 cm³/mol. The highest BCUT2D eigenvalue weighted by molar-refractivity contribution is 6.25.